The van der Waals surface area contributed by atoms with Crippen LogP contribution in [0.1, 0.15) is 45.7 Å². The lowest BCUT2D eigenvalue weighted by Crippen LogP contribution is -2.35. The summed E-state index contributed by atoms with van der Waals surface area (Å²) in [5, 5.41) is 9.55. The largest absolute Gasteiger partial charge is 0.444 e. The number of hydrogen-bond acceptors (Lipinski definition) is 5. The third-order valence-corrected chi connectivity index (χ3v) is 3.47. The van der Waals surface area contributed by atoms with Gasteiger partial charge >= 0.3 is 6.09 Å². The Balaban J connectivity index is 1.77. The van der Waals surface area contributed by atoms with Crippen LogP contribution < -0.4 is 10.6 Å². The summed E-state index contributed by atoms with van der Waals surface area (Å²) >= 11 is 0. The van der Waals surface area contributed by atoms with E-state index in [0.29, 0.717) is 0 Å². The van der Waals surface area contributed by atoms with Gasteiger partial charge in [-0.15, -0.1) is 0 Å². The highest BCUT2D eigenvalue weighted by atomic mass is 16.6. The van der Waals surface area contributed by atoms with Gasteiger partial charge in [0.25, 0.3) is 0 Å². The lowest BCUT2D eigenvalue weighted by atomic mass is 10.1. The summed E-state index contributed by atoms with van der Waals surface area (Å²) in [4.78, 5) is 27.5. The van der Waals surface area contributed by atoms with Crippen LogP contribution in [0.5, 0.6) is 0 Å². The van der Waals surface area contributed by atoms with E-state index < -0.39 is 11.7 Å². The van der Waals surface area contributed by atoms with Gasteiger partial charge < -0.3 is 15.4 Å². The normalized spacial score (nSPS) is 12.3. The van der Waals surface area contributed by atoms with Crippen LogP contribution in [0.15, 0.2) is 36.9 Å². The predicted octanol–water partition coefficient (Wildman–Crippen LogP) is 2.36. The average Bonchev–Trinajstić information content (AvgIpc) is 3.07. The fraction of sp³-hybridized carbons (Fsp3) is 0.444. The molecule has 2 aromatic rings. The van der Waals surface area contributed by atoms with Crippen molar-refractivity contribution in [1.82, 2.24) is 25.4 Å². The Hall–Kier alpha value is -2.90. The second kappa shape index (κ2) is 8.46. The summed E-state index contributed by atoms with van der Waals surface area (Å²) < 4.78 is 6.78. The SMILES string of the molecule is C[C@H](NC(=O)CCNC(=O)OC(C)(C)C)c1ccc(-n2cncn2)cc1. The number of carbonyl (C=O) groups excluding carboxylic acids is 2. The number of alkyl carbamates (subject to hydrolysis) is 1. The highest BCUT2D eigenvalue weighted by Gasteiger charge is 2.16. The molecule has 0 radical (unpaired) electrons. The van der Waals surface area contributed by atoms with E-state index >= 15 is 0 Å². The minimum Gasteiger partial charge on any atom is -0.444 e. The molecule has 1 heterocycles. The number of amides is 2. The highest BCUT2D eigenvalue weighted by Crippen LogP contribution is 2.15. The molecule has 0 saturated carbocycles. The Bertz CT molecular complexity index is 720. The number of ether oxygens (including phenoxy) is 1. The number of carbonyl (C=O) groups is 2. The second-order valence-electron chi connectivity index (χ2n) is 6.90. The molecule has 1 aromatic heterocycles. The van der Waals surface area contributed by atoms with Crippen molar-refractivity contribution < 1.29 is 14.3 Å². The zero-order chi connectivity index (χ0) is 19.2. The van der Waals surface area contributed by atoms with Crippen molar-refractivity contribution in [3.8, 4) is 5.69 Å². The van der Waals surface area contributed by atoms with E-state index in [-0.39, 0.29) is 24.9 Å². The molecule has 140 valence electrons. The van der Waals surface area contributed by atoms with E-state index in [4.69, 9.17) is 4.74 Å². The molecule has 2 rings (SSSR count). The molecule has 2 amide bonds. The molecular formula is C18H25N5O3. The van der Waals surface area contributed by atoms with Crippen LogP contribution in [-0.2, 0) is 9.53 Å². The van der Waals surface area contributed by atoms with E-state index in [1.807, 2.05) is 31.2 Å². The number of aromatic nitrogens is 3. The molecule has 0 saturated heterocycles. The number of nitrogens with one attached hydrogen (secondary N) is 2. The van der Waals surface area contributed by atoms with E-state index in [0.717, 1.165) is 11.3 Å². The summed E-state index contributed by atoms with van der Waals surface area (Å²) in [6, 6.07) is 7.55. The number of nitrogens with zero attached hydrogens (tertiary/aromatic N) is 3. The molecule has 1 atom stereocenters. The molecule has 0 unspecified atom stereocenters. The topological polar surface area (TPSA) is 98.1 Å². The third kappa shape index (κ3) is 6.19. The highest BCUT2D eigenvalue weighted by molar-refractivity contribution is 5.77. The monoisotopic (exact) mass is 359 g/mol. The molecule has 0 spiro atoms. The smallest absolute Gasteiger partial charge is 0.407 e. The standard InChI is InChI=1S/C18H25N5O3/c1-13(14-5-7-15(8-6-14)23-12-19-11-21-23)22-16(24)9-10-20-17(25)26-18(2,3)4/h5-8,11-13H,9-10H2,1-4H3,(H,20,25)(H,22,24)/t13-/m0/s1. The number of hydrogen-bond donors (Lipinski definition) is 2. The van der Waals surface area contributed by atoms with Crippen LogP contribution in [0.4, 0.5) is 4.79 Å². The van der Waals surface area contributed by atoms with Crippen LogP contribution in [0.3, 0.4) is 0 Å². The molecule has 8 heteroatoms. The number of rotatable bonds is 6. The Kier molecular flexibility index (Phi) is 6.32. The maximum absolute atomic E-state index is 12.0. The first-order valence-corrected chi connectivity index (χ1v) is 8.46. The molecule has 1 aromatic carbocycles. The van der Waals surface area contributed by atoms with E-state index in [1.54, 1.807) is 31.8 Å². The molecule has 26 heavy (non-hydrogen) atoms. The Labute approximate surface area is 153 Å². The van der Waals surface area contributed by atoms with Gasteiger partial charge in [-0.05, 0) is 45.4 Å². The Morgan fingerprint density at radius 1 is 1.23 bits per heavy atom. The predicted molar refractivity (Wildman–Crippen MR) is 96.8 cm³/mol. The first kappa shape index (κ1) is 19.4. The van der Waals surface area contributed by atoms with Gasteiger partial charge in [0.1, 0.15) is 18.3 Å². The van der Waals surface area contributed by atoms with Gasteiger partial charge in [-0.3, -0.25) is 4.79 Å². The molecule has 0 bridgehead atoms. The van der Waals surface area contributed by atoms with Crippen molar-refractivity contribution in [3.05, 3.63) is 42.5 Å². The van der Waals surface area contributed by atoms with Gasteiger partial charge in [-0.25, -0.2) is 14.5 Å². The summed E-state index contributed by atoms with van der Waals surface area (Å²) in [7, 11) is 0. The average molecular weight is 359 g/mol. The maximum atomic E-state index is 12.0. The first-order valence-electron chi connectivity index (χ1n) is 8.46. The van der Waals surface area contributed by atoms with E-state index in [9.17, 15) is 9.59 Å². The molecule has 0 aliphatic rings. The Morgan fingerprint density at radius 2 is 1.92 bits per heavy atom. The molecular weight excluding hydrogens is 334 g/mol. The summed E-state index contributed by atoms with van der Waals surface area (Å²) in [6.45, 7) is 7.49. The number of benzene rings is 1. The molecule has 0 aliphatic carbocycles. The van der Waals surface area contributed by atoms with Crippen molar-refractivity contribution in [1.29, 1.82) is 0 Å². The van der Waals surface area contributed by atoms with Crippen LogP contribution in [0.2, 0.25) is 0 Å². The third-order valence-electron chi connectivity index (χ3n) is 3.47. The molecule has 0 fully saturated rings. The lowest BCUT2D eigenvalue weighted by Gasteiger charge is -2.19. The fourth-order valence-corrected chi connectivity index (χ4v) is 2.25. The molecule has 0 aliphatic heterocycles. The first-order chi connectivity index (χ1) is 12.2. The quantitative estimate of drug-likeness (QED) is 0.825. The minimum atomic E-state index is -0.556. The van der Waals surface area contributed by atoms with Crippen molar-refractivity contribution in [2.24, 2.45) is 0 Å². The fourth-order valence-electron chi connectivity index (χ4n) is 2.25. The zero-order valence-corrected chi connectivity index (χ0v) is 15.5. The van der Waals surface area contributed by atoms with Crippen LogP contribution in [-0.4, -0.2) is 38.9 Å². The molecule has 8 nitrogen and oxygen atoms in total. The summed E-state index contributed by atoms with van der Waals surface area (Å²) in [6.07, 6.45) is 2.75. The molecule has 2 N–H and O–H groups in total. The van der Waals surface area contributed by atoms with Crippen LogP contribution >= 0.6 is 0 Å². The zero-order valence-electron chi connectivity index (χ0n) is 15.5. The van der Waals surface area contributed by atoms with Crippen molar-refractivity contribution >= 4 is 12.0 Å². The Morgan fingerprint density at radius 3 is 2.50 bits per heavy atom. The summed E-state index contributed by atoms with van der Waals surface area (Å²) in [5.74, 6) is -0.145. The van der Waals surface area contributed by atoms with Gasteiger partial charge in [0.2, 0.25) is 5.91 Å². The van der Waals surface area contributed by atoms with Gasteiger partial charge in [-0.1, -0.05) is 12.1 Å². The van der Waals surface area contributed by atoms with Gasteiger partial charge in [-0.2, -0.15) is 5.10 Å². The van der Waals surface area contributed by atoms with Crippen LogP contribution in [0, 0.1) is 0 Å². The van der Waals surface area contributed by atoms with Crippen molar-refractivity contribution in [2.45, 2.75) is 45.8 Å². The van der Waals surface area contributed by atoms with Crippen molar-refractivity contribution in [2.75, 3.05) is 6.54 Å². The second-order valence-corrected chi connectivity index (χ2v) is 6.90. The van der Waals surface area contributed by atoms with Gasteiger partial charge in [0, 0.05) is 13.0 Å². The van der Waals surface area contributed by atoms with Crippen LogP contribution in [0.25, 0.3) is 5.69 Å². The maximum Gasteiger partial charge on any atom is 0.407 e. The van der Waals surface area contributed by atoms with Gasteiger partial charge in [0.15, 0.2) is 0 Å². The lowest BCUT2D eigenvalue weighted by molar-refractivity contribution is -0.121. The van der Waals surface area contributed by atoms with E-state index in [1.165, 1.54) is 6.33 Å². The minimum absolute atomic E-state index is 0.145. The van der Waals surface area contributed by atoms with Crippen molar-refractivity contribution in [3.63, 3.8) is 0 Å². The van der Waals surface area contributed by atoms with E-state index in [2.05, 4.69) is 20.7 Å². The van der Waals surface area contributed by atoms with Gasteiger partial charge in [0.05, 0.1) is 11.7 Å². The summed E-state index contributed by atoms with van der Waals surface area (Å²) in [5.41, 5.74) is 1.31.